The van der Waals surface area contributed by atoms with Gasteiger partial charge in [-0.25, -0.2) is 0 Å². The van der Waals surface area contributed by atoms with Gasteiger partial charge in [0.05, 0.1) is 6.10 Å². The van der Waals surface area contributed by atoms with Gasteiger partial charge < -0.3 is 10.1 Å². The highest BCUT2D eigenvalue weighted by Gasteiger charge is 2.01. The molecule has 0 atom stereocenters. The molecule has 0 saturated carbocycles. The molecule has 0 aromatic rings. The Kier molecular flexibility index (Phi) is 11.2. The van der Waals surface area contributed by atoms with Crippen LogP contribution in [-0.4, -0.2) is 25.2 Å². The number of ether oxygens (including phenoxy) is 1. The zero-order valence-corrected chi connectivity index (χ0v) is 12.6. The van der Waals surface area contributed by atoms with Gasteiger partial charge in [-0.05, 0) is 32.6 Å². The summed E-state index contributed by atoms with van der Waals surface area (Å²) in [6.07, 6.45) is 6.73. The van der Waals surface area contributed by atoms with Crippen LogP contribution in [0, 0.1) is 5.92 Å². The second-order valence-corrected chi connectivity index (χ2v) is 5.64. The molecule has 0 aliphatic carbocycles. The number of nitrogens with one attached hydrogen (secondary N) is 1. The fraction of sp³-hybridized carbons (Fsp3) is 0.933. The maximum absolute atomic E-state index is 11.4. The van der Waals surface area contributed by atoms with Crippen LogP contribution in [0.25, 0.3) is 0 Å². The number of carbonyl (C=O) groups excluding carboxylic acids is 1. The SMILES string of the molecule is CC(C)CNC(=O)CCCCCCCOC(C)C. The van der Waals surface area contributed by atoms with E-state index in [1.165, 1.54) is 12.8 Å². The molecular weight excluding hydrogens is 226 g/mol. The molecule has 1 amide bonds. The minimum absolute atomic E-state index is 0.201. The van der Waals surface area contributed by atoms with Crippen LogP contribution in [0.4, 0.5) is 0 Å². The third kappa shape index (κ3) is 13.5. The van der Waals surface area contributed by atoms with Crippen LogP contribution in [0.15, 0.2) is 0 Å². The topological polar surface area (TPSA) is 38.3 Å². The number of amides is 1. The molecule has 0 bridgehead atoms. The molecule has 3 nitrogen and oxygen atoms in total. The molecule has 0 aromatic heterocycles. The van der Waals surface area contributed by atoms with Crippen molar-refractivity contribution in [1.29, 1.82) is 0 Å². The second kappa shape index (κ2) is 11.5. The normalized spacial score (nSPS) is 11.2. The smallest absolute Gasteiger partial charge is 0.220 e. The number of carbonyl (C=O) groups is 1. The van der Waals surface area contributed by atoms with Gasteiger partial charge in [-0.3, -0.25) is 4.79 Å². The standard InChI is InChI=1S/C15H31NO2/c1-13(2)12-16-15(17)10-8-6-5-7-9-11-18-14(3)4/h13-14H,5-12H2,1-4H3,(H,16,17). The molecule has 0 unspecified atom stereocenters. The Morgan fingerprint density at radius 1 is 1.00 bits per heavy atom. The lowest BCUT2D eigenvalue weighted by Crippen LogP contribution is -2.26. The Hall–Kier alpha value is -0.570. The van der Waals surface area contributed by atoms with E-state index in [0.717, 1.165) is 32.4 Å². The van der Waals surface area contributed by atoms with Crippen molar-refractivity contribution in [3.8, 4) is 0 Å². The first kappa shape index (κ1) is 17.4. The molecule has 0 aliphatic heterocycles. The first-order valence-corrected chi connectivity index (χ1v) is 7.40. The van der Waals surface area contributed by atoms with Crippen LogP contribution in [0.1, 0.15) is 66.2 Å². The molecule has 3 heteroatoms. The van der Waals surface area contributed by atoms with Crippen molar-refractivity contribution in [2.75, 3.05) is 13.2 Å². The molecule has 0 spiro atoms. The summed E-state index contributed by atoms with van der Waals surface area (Å²) in [5.74, 6) is 0.738. The minimum atomic E-state index is 0.201. The van der Waals surface area contributed by atoms with Gasteiger partial charge in [0.1, 0.15) is 0 Å². The highest BCUT2D eigenvalue weighted by atomic mass is 16.5. The van der Waals surface area contributed by atoms with Gasteiger partial charge in [-0.2, -0.15) is 0 Å². The van der Waals surface area contributed by atoms with E-state index >= 15 is 0 Å². The first-order valence-electron chi connectivity index (χ1n) is 7.40. The lowest BCUT2D eigenvalue weighted by Gasteiger charge is -2.08. The van der Waals surface area contributed by atoms with Crippen molar-refractivity contribution >= 4 is 5.91 Å². The fourth-order valence-electron chi connectivity index (χ4n) is 1.64. The van der Waals surface area contributed by atoms with E-state index in [1.54, 1.807) is 0 Å². The summed E-state index contributed by atoms with van der Waals surface area (Å²) >= 11 is 0. The van der Waals surface area contributed by atoms with E-state index in [4.69, 9.17) is 4.74 Å². The highest BCUT2D eigenvalue weighted by Crippen LogP contribution is 2.06. The van der Waals surface area contributed by atoms with Crippen LogP contribution in [-0.2, 0) is 9.53 Å². The summed E-state index contributed by atoms with van der Waals surface area (Å²) in [7, 11) is 0. The predicted octanol–water partition coefficient (Wildman–Crippen LogP) is 3.52. The van der Waals surface area contributed by atoms with Gasteiger partial charge in [-0.1, -0.05) is 33.1 Å². The van der Waals surface area contributed by atoms with Crippen LogP contribution >= 0.6 is 0 Å². The molecule has 0 heterocycles. The highest BCUT2D eigenvalue weighted by molar-refractivity contribution is 5.75. The molecule has 0 rings (SSSR count). The molecule has 0 saturated heterocycles. The van der Waals surface area contributed by atoms with Crippen molar-refractivity contribution in [2.24, 2.45) is 5.92 Å². The second-order valence-electron chi connectivity index (χ2n) is 5.64. The lowest BCUT2D eigenvalue weighted by atomic mass is 10.1. The Labute approximate surface area is 113 Å². The Morgan fingerprint density at radius 3 is 2.22 bits per heavy atom. The van der Waals surface area contributed by atoms with Crippen molar-refractivity contribution in [3.05, 3.63) is 0 Å². The zero-order chi connectivity index (χ0) is 13.8. The number of hydrogen-bond donors (Lipinski definition) is 1. The molecule has 18 heavy (non-hydrogen) atoms. The average Bonchev–Trinajstić information content (AvgIpc) is 2.29. The molecular formula is C15H31NO2. The number of unbranched alkanes of at least 4 members (excludes halogenated alkanes) is 4. The van der Waals surface area contributed by atoms with E-state index in [0.29, 0.717) is 18.4 Å². The fourth-order valence-corrected chi connectivity index (χ4v) is 1.64. The van der Waals surface area contributed by atoms with Gasteiger partial charge in [0.25, 0.3) is 0 Å². The molecule has 0 aromatic carbocycles. The molecule has 108 valence electrons. The predicted molar refractivity (Wildman–Crippen MR) is 76.6 cm³/mol. The summed E-state index contributed by atoms with van der Waals surface area (Å²) < 4.78 is 5.48. The van der Waals surface area contributed by atoms with Gasteiger partial charge >= 0.3 is 0 Å². The van der Waals surface area contributed by atoms with Crippen LogP contribution in [0.2, 0.25) is 0 Å². The van der Waals surface area contributed by atoms with Crippen LogP contribution in [0.5, 0.6) is 0 Å². The summed E-state index contributed by atoms with van der Waals surface area (Å²) in [5, 5.41) is 2.95. The van der Waals surface area contributed by atoms with Crippen molar-refractivity contribution in [2.45, 2.75) is 72.3 Å². The Balaban J connectivity index is 3.17. The van der Waals surface area contributed by atoms with Crippen molar-refractivity contribution in [1.82, 2.24) is 5.32 Å². The maximum Gasteiger partial charge on any atom is 0.220 e. The van der Waals surface area contributed by atoms with Gasteiger partial charge in [0.2, 0.25) is 5.91 Å². The average molecular weight is 257 g/mol. The molecule has 0 radical (unpaired) electrons. The first-order chi connectivity index (χ1) is 8.52. The summed E-state index contributed by atoms with van der Waals surface area (Å²) in [4.78, 5) is 11.4. The largest absolute Gasteiger partial charge is 0.379 e. The molecule has 0 aliphatic rings. The minimum Gasteiger partial charge on any atom is -0.379 e. The molecule has 0 fully saturated rings. The monoisotopic (exact) mass is 257 g/mol. The van der Waals surface area contributed by atoms with E-state index < -0.39 is 0 Å². The van der Waals surface area contributed by atoms with E-state index in [1.807, 2.05) is 0 Å². The number of rotatable bonds is 11. The van der Waals surface area contributed by atoms with E-state index in [9.17, 15) is 4.79 Å². The van der Waals surface area contributed by atoms with Gasteiger partial charge in [0.15, 0.2) is 0 Å². The summed E-state index contributed by atoms with van der Waals surface area (Å²) in [6.45, 7) is 10.0. The van der Waals surface area contributed by atoms with Crippen molar-refractivity contribution in [3.63, 3.8) is 0 Å². The lowest BCUT2D eigenvalue weighted by molar-refractivity contribution is -0.121. The van der Waals surface area contributed by atoms with E-state index in [-0.39, 0.29) is 5.91 Å². The third-order valence-corrected chi connectivity index (χ3v) is 2.71. The van der Waals surface area contributed by atoms with Crippen LogP contribution < -0.4 is 5.32 Å². The van der Waals surface area contributed by atoms with Crippen LogP contribution in [0.3, 0.4) is 0 Å². The quantitative estimate of drug-likeness (QED) is 0.575. The zero-order valence-electron chi connectivity index (χ0n) is 12.6. The summed E-state index contributed by atoms with van der Waals surface area (Å²) in [6, 6.07) is 0. The Bertz CT molecular complexity index is 203. The third-order valence-electron chi connectivity index (χ3n) is 2.71. The van der Waals surface area contributed by atoms with Gasteiger partial charge in [-0.15, -0.1) is 0 Å². The number of hydrogen-bond acceptors (Lipinski definition) is 2. The van der Waals surface area contributed by atoms with E-state index in [2.05, 4.69) is 33.0 Å². The summed E-state index contributed by atoms with van der Waals surface area (Å²) in [5.41, 5.74) is 0. The van der Waals surface area contributed by atoms with Gasteiger partial charge in [0, 0.05) is 19.6 Å². The van der Waals surface area contributed by atoms with Crippen molar-refractivity contribution < 1.29 is 9.53 Å². The maximum atomic E-state index is 11.4. The molecule has 1 N–H and O–H groups in total. The Morgan fingerprint density at radius 2 is 1.61 bits per heavy atom.